The van der Waals surface area contributed by atoms with Gasteiger partial charge in [-0.2, -0.15) is 0 Å². The normalized spacial score (nSPS) is 25.2. The van der Waals surface area contributed by atoms with E-state index in [4.69, 9.17) is 9.57 Å². The zero-order valence-corrected chi connectivity index (χ0v) is 11.8. The van der Waals surface area contributed by atoms with E-state index in [9.17, 15) is 4.79 Å². The SMILES string of the molecule is COc1ccc([C@@H]2C[C@@H]2/C(C)=N\OC(=O)C2CC2)cc1. The fourth-order valence-electron chi connectivity index (χ4n) is 2.45. The van der Waals surface area contributed by atoms with Crippen molar-refractivity contribution in [1.82, 2.24) is 0 Å². The number of hydrogen-bond donors (Lipinski definition) is 0. The fourth-order valence-corrected chi connectivity index (χ4v) is 2.45. The highest BCUT2D eigenvalue weighted by Gasteiger charge is 2.41. The summed E-state index contributed by atoms with van der Waals surface area (Å²) in [4.78, 5) is 16.4. The van der Waals surface area contributed by atoms with Crippen LogP contribution in [0.1, 0.15) is 37.7 Å². The van der Waals surface area contributed by atoms with E-state index < -0.39 is 0 Å². The monoisotopic (exact) mass is 273 g/mol. The van der Waals surface area contributed by atoms with Gasteiger partial charge in [-0.25, -0.2) is 4.79 Å². The lowest BCUT2D eigenvalue weighted by atomic mass is 10.1. The van der Waals surface area contributed by atoms with Gasteiger partial charge in [-0.1, -0.05) is 17.3 Å². The number of benzene rings is 1. The van der Waals surface area contributed by atoms with Crippen molar-refractivity contribution in [2.75, 3.05) is 7.11 Å². The third-order valence-electron chi connectivity index (χ3n) is 4.06. The lowest BCUT2D eigenvalue weighted by molar-refractivity contribution is -0.145. The van der Waals surface area contributed by atoms with Crippen molar-refractivity contribution in [1.29, 1.82) is 0 Å². The number of rotatable bonds is 5. The highest BCUT2D eigenvalue weighted by Crippen LogP contribution is 2.48. The second kappa shape index (κ2) is 5.27. The second-order valence-corrected chi connectivity index (χ2v) is 5.64. The quantitative estimate of drug-likeness (QED) is 0.470. The molecule has 0 radical (unpaired) electrons. The average Bonchev–Trinajstić information content (AvgIpc) is 3.36. The molecule has 4 heteroatoms. The third kappa shape index (κ3) is 2.84. The Bertz CT molecular complexity index is 531. The summed E-state index contributed by atoms with van der Waals surface area (Å²) >= 11 is 0. The van der Waals surface area contributed by atoms with Gasteiger partial charge < -0.3 is 9.57 Å². The van der Waals surface area contributed by atoms with E-state index in [1.165, 1.54) is 5.56 Å². The molecule has 106 valence electrons. The fraction of sp³-hybridized carbons (Fsp3) is 0.500. The van der Waals surface area contributed by atoms with E-state index in [2.05, 4.69) is 17.3 Å². The summed E-state index contributed by atoms with van der Waals surface area (Å²) in [5.41, 5.74) is 2.21. The standard InChI is InChI=1S/C16H19NO3/c1-10(17-20-16(18)12-3-4-12)14-9-15(14)11-5-7-13(19-2)8-6-11/h5-8,12,14-15H,3-4,9H2,1-2H3/b17-10-/t14-,15+/m1/s1. The maximum Gasteiger partial charge on any atom is 0.338 e. The van der Waals surface area contributed by atoms with Crippen molar-refractivity contribution in [2.45, 2.75) is 32.1 Å². The van der Waals surface area contributed by atoms with Crippen molar-refractivity contribution in [3.63, 3.8) is 0 Å². The molecule has 1 aromatic carbocycles. The first-order valence-electron chi connectivity index (χ1n) is 7.08. The Morgan fingerprint density at radius 2 is 1.95 bits per heavy atom. The molecule has 0 bridgehead atoms. The third-order valence-corrected chi connectivity index (χ3v) is 4.06. The van der Waals surface area contributed by atoms with Crippen LogP contribution >= 0.6 is 0 Å². The summed E-state index contributed by atoms with van der Waals surface area (Å²) in [5.74, 6) is 1.68. The maximum absolute atomic E-state index is 11.4. The highest BCUT2D eigenvalue weighted by molar-refractivity contribution is 5.88. The summed E-state index contributed by atoms with van der Waals surface area (Å²) < 4.78 is 5.16. The molecule has 0 spiro atoms. The molecule has 0 unspecified atom stereocenters. The molecule has 0 N–H and O–H groups in total. The van der Waals surface area contributed by atoms with Crippen LogP contribution in [0.5, 0.6) is 5.75 Å². The van der Waals surface area contributed by atoms with E-state index in [1.54, 1.807) is 7.11 Å². The van der Waals surface area contributed by atoms with Crippen molar-refractivity contribution in [3.8, 4) is 5.75 Å². The molecule has 1 aromatic rings. The average molecular weight is 273 g/mol. The van der Waals surface area contributed by atoms with Gasteiger partial charge in [0.1, 0.15) is 5.75 Å². The van der Waals surface area contributed by atoms with E-state index in [1.807, 2.05) is 19.1 Å². The lowest BCUT2D eigenvalue weighted by Crippen LogP contribution is -2.05. The van der Waals surface area contributed by atoms with Crippen LogP contribution in [-0.4, -0.2) is 18.8 Å². The highest BCUT2D eigenvalue weighted by atomic mass is 16.7. The van der Waals surface area contributed by atoms with Crippen LogP contribution < -0.4 is 4.74 Å². The molecular weight excluding hydrogens is 254 g/mol. The topological polar surface area (TPSA) is 47.9 Å². The van der Waals surface area contributed by atoms with Crippen LogP contribution in [0, 0.1) is 11.8 Å². The van der Waals surface area contributed by atoms with Gasteiger partial charge in [0.2, 0.25) is 0 Å². The Kier molecular flexibility index (Phi) is 3.47. The van der Waals surface area contributed by atoms with Gasteiger partial charge in [0.25, 0.3) is 0 Å². The zero-order valence-electron chi connectivity index (χ0n) is 11.8. The minimum Gasteiger partial charge on any atom is -0.497 e. The summed E-state index contributed by atoms with van der Waals surface area (Å²) in [5, 5.41) is 4.00. The number of hydrogen-bond acceptors (Lipinski definition) is 4. The molecule has 2 aliphatic carbocycles. The molecule has 4 nitrogen and oxygen atoms in total. The van der Waals surface area contributed by atoms with Crippen LogP contribution in [0.25, 0.3) is 0 Å². The van der Waals surface area contributed by atoms with Gasteiger partial charge >= 0.3 is 5.97 Å². The number of carbonyl (C=O) groups excluding carboxylic acids is 1. The molecule has 0 aliphatic heterocycles. The number of nitrogens with zero attached hydrogens (tertiary/aromatic N) is 1. The molecule has 20 heavy (non-hydrogen) atoms. The Labute approximate surface area is 118 Å². The van der Waals surface area contributed by atoms with E-state index in [0.29, 0.717) is 11.8 Å². The lowest BCUT2D eigenvalue weighted by Gasteiger charge is -2.03. The smallest absolute Gasteiger partial charge is 0.338 e. The van der Waals surface area contributed by atoms with Crippen molar-refractivity contribution < 1.29 is 14.4 Å². The van der Waals surface area contributed by atoms with E-state index in [-0.39, 0.29) is 11.9 Å². The number of oxime groups is 1. The van der Waals surface area contributed by atoms with Gasteiger partial charge in [0.05, 0.1) is 18.7 Å². The number of carbonyl (C=O) groups is 1. The summed E-state index contributed by atoms with van der Waals surface area (Å²) in [7, 11) is 1.67. The Morgan fingerprint density at radius 1 is 1.25 bits per heavy atom. The number of methoxy groups -OCH3 is 1. The first kappa shape index (κ1) is 13.2. The minimum absolute atomic E-state index is 0.100. The van der Waals surface area contributed by atoms with Gasteiger partial charge in [-0.15, -0.1) is 0 Å². The predicted molar refractivity (Wildman–Crippen MR) is 75.8 cm³/mol. The first-order valence-corrected chi connectivity index (χ1v) is 7.08. The van der Waals surface area contributed by atoms with Gasteiger partial charge in [0, 0.05) is 5.92 Å². The molecule has 2 fully saturated rings. The molecular formula is C16H19NO3. The summed E-state index contributed by atoms with van der Waals surface area (Å²) in [6.07, 6.45) is 2.97. The van der Waals surface area contributed by atoms with Crippen LogP contribution in [0.15, 0.2) is 29.4 Å². The van der Waals surface area contributed by atoms with Crippen molar-refractivity contribution in [3.05, 3.63) is 29.8 Å². The van der Waals surface area contributed by atoms with Crippen LogP contribution in [-0.2, 0) is 9.63 Å². The maximum atomic E-state index is 11.4. The zero-order chi connectivity index (χ0) is 14.1. The first-order chi connectivity index (χ1) is 9.69. The molecule has 2 atom stereocenters. The largest absolute Gasteiger partial charge is 0.497 e. The van der Waals surface area contributed by atoms with E-state index >= 15 is 0 Å². The molecule has 2 aliphatic rings. The molecule has 0 heterocycles. The Balaban J connectivity index is 1.56. The van der Waals surface area contributed by atoms with Crippen LogP contribution in [0.3, 0.4) is 0 Å². The van der Waals surface area contributed by atoms with Crippen molar-refractivity contribution >= 4 is 11.7 Å². The Morgan fingerprint density at radius 3 is 2.55 bits per heavy atom. The van der Waals surface area contributed by atoms with Gasteiger partial charge in [0.15, 0.2) is 0 Å². The van der Waals surface area contributed by atoms with Crippen LogP contribution in [0.2, 0.25) is 0 Å². The molecule has 2 saturated carbocycles. The molecule has 3 rings (SSSR count). The van der Waals surface area contributed by atoms with E-state index in [0.717, 1.165) is 30.7 Å². The molecule has 0 saturated heterocycles. The second-order valence-electron chi connectivity index (χ2n) is 5.64. The number of ether oxygens (including phenoxy) is 1. The Hall–Kier alpha value is -1.84. The van der Waals surface area contributed by atoms with Crippen LogP contribution in [0.4, 0.5) is 0 Å². The minimum atomic E-state index is -0.175. The molecule has 0 aromatic heterocycles. The van der Waals surface area contributed by atoms with Gasteiger partial charge in [-0.3, -0.25) is 0 Å². The molecule has 0 amide bonds. The van der Waals surface area contributed by atoms with Crippen molar-refractivity contribution in [2.24, 2.45) is 17.0 Å². The summed E-state index contributed by atoms with van der Waals surface area (Å²) in [6, 6.07) is 8.13. The van der Waals surface area contributed by atoms with Gasteiger partial charge in [-0.05, 0) is 49.8 Å². The summed E-state index contributed by atoms with van der Waals surface area (Å²) in [6.45, 7) is 1.94. The predicted octanol–water partition coefficient (Wildman–Crippen LogP) is 3.13.